The van der Waals surface area contributed by atoms with Gasteiger partial charge in [0.25, 0.3) is 0 Å². The van der Waals surface area contributed by atoms with Crippen molar-refractivity contribution in [1.29, 1.82) is 0 Å². The van der Waals surface area contributed by atoms with Crippen LogP contribution in [-0.4, -0.2) is 78.9 Å². The number of methoxy groups -OCH3 is 2. The quantitative estimate of drug-likeness (QED) is 0.221. The molecule has 0 aromatic carbocycles. The molecule has 12 nitrogen and oxygen atoms in total. The molecule has 1 saturated carbocycles. The molecule has 8 atom stereocenters. The molecule has 3 aliphatic heterocycles. The number of aliphatic hydroxyl groups excluding tert-OH is 2. The van der Waals surface area contributed by atoms with Crippen LogP contribution in [0, 0.1) is 22.7 Å². The van der Waals surface area contributed by atoms with Gasteiger partial charge in [0, 0.05) is 12.5 Å². The van der Waals surface area contributed by atoms with Gasteiger partial charge in [-0.2, -0.15) is 0 Å². The van der Waals surface area contributed by atoms with E-state index in [9.17, 15) is 34.2 Å². The van der Waals surface area contributed by atoms with Crippen LogP contribution in [0.4, 0.5) is 0 Å². The third-order valence-electron chi connectivity index (χ3n) is 8.70. The second kappa shape index (κ2) is 11.7. The Morgan fingerprint density at radius 3 is 2.48 bits per heavy atom. The summed E-state index contributed by atoms with van der Waals surface area (Å²) >= 11 is 0. The van der Waals surface area contributed by atoms with Gasteiger partial charge in [0.1, 0.15) is 29.0 Å². The molecule has 0 bridgehead atoms. The first-order chi connectivity index (χ1) is 19.1. The summed E-state index contributed by atoms with van der Waals surface area (Å²) in [5.41, 5.74) is -4.56. The third-order valence-corrected chi connectivity index (χ3v) is 8.70. The third kappa shape index (κ3) is 4.70. The maximum absolute atomic E-state index is 13.9. The molecule has 0 amide bonds. The normalized spacial score (nSPS) is 35.7. The fourth-order valence-electron chi connectivity index (χ4n) is 6.89. The summed E-state index contributed by atoms with van der Waals surface area (Å²) in [6.07, 6.45) is 2.71. The number of aliphatic hydroxyl groups is 2. The molecule has 8 unspecified atom stereocenters. The second-order valence-electron chi connectivity index (χ2n) is 10.8. The van der Waals surface area contributed by atoms with Crippen LogP contribution in [0.3, 0.4) is 0 Å². The van der Waals surface area contributed by atoms with E-state index in [1.54, 1.807) is 0 Å². The number of hydrogen-bond acceptors (Lipinski definition) is 12. The highest BCUT2D eigenvalue weighted by atomic mass is 16.6. The fraction of sp³-hybridized carbons (Fsp3) is 0.679. The summed E-state index contributed by atoms with van der Waals surface area (Å²) in [4.78, 5) is 65.9. The number of cyclic esters (lactones) is 3. The molecule has 4 rings (SSSR count). The molecule has 2 N–H and O–H groups in total. The molecule has 220 valence electrons. The Labute approximate surface area is 231 Å². The molecule has 3 heterocycles. The van der Waals surface area contributed by atoms with Crippen LogP contribution in [0.25, 0.3) is 0 Å². The van der Waals surface area contributed by atoms with E-state index in [-0.39, 0.29) is 24.8 Å². The highest BCUT2D eigenvalue weighted by molar-refractivity contribution is 6.06. The van der Waals surface area contributed by atoms with E-state index < -0.39 is 77.1 Å². The van der Waals surface area contributed by atoms with Crippen molar-refractivity contribution in [2.75, 3.05) is 14.2 Å². The van der Waals surface area contributed by atoms with Crippen molar-refractivity contribution >= 4 is 29.8 Å². The SMILES string of the molecule is CCCCCCC1C=C(C2(C(=O)OC)CC(C(O)C3CC=CC(=O)O3)CC23C(=O)OC(O)C3C(=O)OC)C(=O)O1. The molecule has 4 aliphatic rings. The molecular formula is C28H36O12. The van der Waals surface area contributed by atoms with Crippen molar-refractivity contribution in [2.45, 2.75) is 82.9 Å². The molecule has 1 saturated heterocycles. The fourth-order valence-corrected chi connectivity index (χ4v) is 6.89. The lowest BCUT2D eigenvalue weighted by Gasteiger charge is -2.40. The predicted octanol–water partition coefficient (Wildman–Crippen LogP) is 1.26. The summed E-state index contributed by atoms with van der Waals surface area (Å²) in [5, 5.41) is 22.1. The van der Waals surface area contributed by atoms with Crippen LogP contribution in [0.2, 0.25) is 0 Å². The van der Waals surface area contributed by atoms with Gasteiger partial charge < -0.3 is 33.9 Å². The van der Waals surface area contributed by atoms with E-state index in [1.807, 2.05) is 0 Å². The number of carbonyl (C=O) groups is 5. The number of ether oxygens (including phenoxy) is 5. The first-order valence-corrected chi connectivity index (χ1v) is 13.6. The van der Waals surface area contributed by atoms with E-state index in [1.165, 1.54) is 18.2 Å². The van der Waals surface area contributed by atoms with Gasteiger partial charge in [-0.1, -0.05) is 32.3 Å². The molecule has 0 aromatic heterocycles. The lowest BCUT2D eigenvalue weighted by atomic mass is 9.56. The molecule has 40 heavy (non-hydrogen) atoms. The van der Waals surface area contributed by atoms with Crippen molar-refractivity contribution in [1.82, 2.24) is 0 Å². The topological polar surface area (TPSA) is 172 Å². The smallest absolute Gasteiger partial charge is 0.335 e. The van der Waals surface area contributed by atoms with Crippen LogP contribution in [-0.2, 0) is 47.7 Å². The molecule has 0 radical (unpaired) electrons. The number of esters is 5. The van der Waals surface area contributed by atoms with Crippen molar-refractivity contribution in [3.63, 3.8) is 0 Å². The van der Waals surface area contributed by atoms with E-state index in [2.05, 4.69) is 6.92 Å². The van der Waals surface area contributed by atoms with Crippen molar-refractivity contribution < 1.29 is 57.9 Å². The Kier molecular flexibility index (Phi) is 8.69. The highest BCUT2D eigenvalue weighted by Crippen LogP contribution is 2.68. The Bertz CT molecular complexity index is 1110. The zero-order valence-electron chi connectivity index (χ0n) is 22.8. The van der Waals surface area contributed by atoms with Gasteiger partial charge in [-0.3, -0.25) is 14.4 Å². The first kappa shape index (κ1) is 29.7. The van der Waals surface area contributed by atoms with Crippen molar-refractivity contribution in [3.05, 3.63) is 23.8 Å². The van der Waals surface area contributed by atoms with Crippen LogP contribution < -0.4 is 0 Å². The Morgan fingerprint density at radius 1 is 1.07 bits per heavy atom. The summed E-state index contributed by atoms with van der Waals surface area (Å²) in [6.45, 7) is 2.06. The summed E-state index contributed by atoms with van der Waals surface area (Å²) < 4.78 is 26.1. The summed E-state index contributed by atoms with van der Waals surface area (Å²) in [6, 6.07) is 0. The zero-order valence-corrected chi connectivity index (χ0v) is 22.8. The van der Waals surface area contributed by atoms with Gasteiger partial charge in [0.2, 0.25) is 6.29 Å². The largest absolute Gasteiger partial charge is 0.469 e. The van der Waals surface area contributed by atoms with Crippen LogP contribution in [0.1, 0.15) is 58.3 Å². The van der Waals surface area contributed by atoms with Gasteiger partial charge in [0.05, 0.1) is 25.9 Å². The number of rotatable bonds is 10. The maximum Gasteiger partial charge on any atom is 0.335 e. The van der Waals surface area contributed by atoms with Gasteiger partial charge in [-0.15, -0.1) is 0 Å². The second-order valence-corrected chi connectivity index (χ2v) is 10.8. The summed E-state index contributed by atoms with van der Waals surface area (Å²) in [7, 11) is 2.12. The number of unbranched alkanes of at least 4 members (excludes halogenated alkanes) is 3. The van der Waals surface area contributed by atoms with E-state index in [4.69, 9.17) is 23.7 Å². The van der Waals surface area contributed by atoms with Gasteiger partial charge in [-0.25, -0.2) is 9.59 Å². The van der Waals surface area contributed by atoms with Gasteiger partial charge in [-0.05, 0) is 37.7 Å². The van der Waals surface area contributed by atoms with E-state index in [0.717, 1.165) is 39.9 Å². The van der Waals surface area contributed by atoms with Gasteiger partial charge in [0.15, 0.2) is 0 Å². The van der Waals surface area contributed by atoms with Crippen molar-refractivity contribution in [3.8, 4) is 0 Å². The van der Waals surface area contributed by atoms with Crippen LogP contribution in [0.5, 0.6) is 0 Å². The van der Waals surface area contributed by atoms with E-state index in [0.29, 0.717) is 6.42 Å². The van der Waals surface area contributed by atoms with E-state index >= 15 is 0 Å². The lowest BCUT2D eigenvalue weighted by molar-refractivity contribution is -0.172. The molecular weight excluding hydrogens is 528 g/mol. The Morgan fingerprint density at radius 2 is 1.82 bits per heavy atom. The predicted molar refractivity (Wildman–Crippen MR) is 134 cm³/mol. The highest BCUT2D eigenvalue weighted by Gasteiger charge is 2.79. The average molecular weight is 565 g/mol. The average Bonchev–Trinajstić information content (AvgIpc) is 3.57. The lowest BCUT2D eigenvalue weighted by Crippen LogP contribution is -2.55. The molecule has 2 fully saturated rings. The molecule has 12 heteroatoms. The first-order valence-electron chi connectivity index (χ1n) is 13.6. The minimum absolute atomic E-state index is 0.166. The van der Waals surface area contributed by atoms with Gasteiger partial charge >= 0.3 is 29.8 Å². The van der Waals surface area contributed by atoms with Crippen LogP contribution >= 0.6 is 0 Å². The zero-order chi connectivity index (χ0) is 29.2. The standard InChI is InChI=1S/C28H36O12/c1-4-5-6-7-9-16-12-17(22(31)38-16)27(25(34)37-3)13-15(21(30)18-10-8-11-19(29)39-18)14-28(27)20(23(32)36-2)24(33)40-26(28)35/h8,11-12,15-16,18,20-21,24,30,33H,4-7,9-10,13-14H2,1-3H3. The molecule has 1 spiro atoms. The minimum atomic E-state index is -2.19. The minimum Gasteiger partial charge on any atom is -0.469 e. The van der Waals surface area contributed by atoms with Crippen LogP contribution in [0.15, 0.2) is 23.8 Å². The Hall–Kier alpha value is -3.25. The van der Waals surface area contributed by atoms with Crippen molar-refractivity contribution in [2.24, 2.45) is 22.7 Å². The molecule has 0 aromatic rings. The monoisotopic (exact) mass is 564 g/mol. The summed E-state index contributed by atoms with van der Waals surface area (Å²) in [5.74, 6) is -7.42. The Balaban J connectivity index is 1.85. The maximum atomic E-state index is 13.9. The number of hydrogen-bond donors (Lipinski definition) is 2. The molecule has 1 aliphatic carbocycles. The number of carbonyl (C=O) groups excluding carboxylic acids is 5.